The molecule has 0 saturated heterocycles. The SMILES string of the molecule is CCC(CC)NC(=O)c1n[nH]c2c1CNCC2.Cl. The van der Waals surface area contributed by atoms with E-state index in [4.69, 9.17) is 0 Å². The highest BCUT2D eigenvalue weighted by molar-refractivity contribution is 5.94. The van der Waals surface area contributed by atoms with E-state index in [-0.39, 0.29) is 24.4 Å². The first-order valence-electron chi connectivity index (χ1n) is 6.33. The number of nitrogens with one attached hydrogen (secondary N) is 3. The van der Waals surface area contributed by atoms with E-state index in [1.165, 1.54) is 0 Å². The number of aromatic amines is 1. The molecule has 18 heavy (non-hydrogen) atoms. The van der Waals surface area contributed by atoms with Gasteiger partial charge in [-0.25, -0.2) is 0 Å². The zero-order valence-corrected chi connectivity index (χ0v) is 11.7. The molecule has 1 amide bonds. The molecule has 0 atom stereocenters. The molecule has 2 heterocycles. The number of H-pyrrole nitrogens is 1. The molecule has 0 aliphatic carbocycles. The van der Waals surface area contributed by atoms with E-state index < -0.39 is 0 Å². The van der Waals surface area contributed by atoms with Crippen LogP contribution in [0.25, 0.3) is 0 Å². The molecule has 1 aromatic heterocycles. The molecule has 0 spiro atoms. The Balaban J connectivity index is 0.00000162. The van der Waals surface area contributed by atoms with Crippen molar-refractivity contribution >= 4 is 18.3 Å². The molecule has 0 fully saturated rings. The lowest BCUT2D eigenvalue weighted by atomic mass is 10.1. The maximum Gasteiger partial charge on any atom is 0.272 e. The molecule has 1 aliphatic rings. The molecule has 5 nitrogen and oxygen atoms in total. The number of rotatable bonds is 4. The third kappa shape index (κ3) is 3.03. The van der Waals surface area contributed by atoms with Gasteiger partial charge in [0.05, 0.1) is 0 Å². The molecule has 6 heteroatoms. The number of carbonyl (C=O) groups is 1. The van der Waals surface area contributed by atoms with Gasteiger partial charge in [-0.1, -0.05) is 13.8 Å². The number of hydrogen-bond acceptors (Lipinski definition) is 3. The van der Waals surface area contributed by atoms with Gasteiger partial charge in [0, 0.05) is 36.8 Å². The Morgan fingerprint density at radius 1 is 1.44 bits per heavy atom. The lowest BCUT2D eigenvalue weighted by molar-refractivity contribution is 0.0928. The number of aromatic nitrogens is 2. The third-order valence-corrected chi connectivity index (χ3v) is 3.34. The van der Waals surface area contributed by atoms with E-state index in [9.17, 15) is 4.79 Å². The lowest BCUT2D eigenvalue weighted by Crippen LogP contribution is -2.35. The van der Waals surface area contributed by atoms with E-state index in [0.717, 1.165) is 43.6 Å². The second kappa shape index (κ2) is 6.75. The Hall–Kier alpha value is -1.07. The van der Waals surface area contributed by atoms with Crippen LogP contribution < -0.4 is 10.6 Å². The maximum atomic E-state index is 12.1. The van der Waals surface area contributed by atoms with E-state index in [1.54, 1.807) is 0 Å². The fourth-order valence-corrected chi connectivity index (χ4v) is 2.16. The van der Waals surface area contributed by atoms with Gasteiger partial charge in [0.25, 0.3) is 5.91 Å². The highest BCUT2D eigenvalue weighted by Crippen LogP contribution is 2.15. The van der Waals surface area contributed by atoms with Crippen LogP contribution in [0.2, 0.25) is 0 Å². The molecule has 0 bridgehead atoms. The first-order valence-corrected chi connectivity index (χ1v) is 6.33. The van der Waals surface area contributed by atoms with E-state index in [2.05, 4.69) is 34.7 Å². The molecule has 2 rings (SSSR count). The molecule has 0 unspecified atom stereocenters. The Bertz CT molecular complexity index is 401. The molecule has 102 valence electrons. The van der Waals surface area contributed by atoms with Gasteiger partial charge < -0.3 is 10.6 Å². The number of halogens is 1. The van der Waals surface area contributed by atoms with Crippen LogP contribution in [0.3, 0.4) is 0 Å². The fraction of sp³-hybridized carbons (Fsp3) is 0.667. The molecule has 1 aromatic rings. The monoisotopic (exact) mass is 272 g/mol. The highest BCUT2D eigenvalue weighted by Gasteiger charge is 2.22. The topological polar surface area (TPSA) is 69.8 Å². The predicted octanol–water partition coefficient (Wildman–Crippen LogP) is 1.40. The normalized spacial score (nSPS) is 13.9. The summed E-state index contributed by atoms with van der Waals surface area (Å²) in [4.78, 5) is 12.1. The number of nitrogens with zero attached hydrogens (tertiary/aromatic N) is 1. The van der Waals surface area contributed by atoms with Gasteiger partial charge >= 0.3 is 0 Å². The van der Waals surface area contributed by atoms with Gasteiger partial charge in [-0.3, -0.25) is 9.89 Å². The van der Waals surface area contributed by atoms with Crippen LogP contribution in [-0.4, -0.2) is 28.7 Å². The minimum Gasteiger partial charge on any atom is -0.348 e. The van der Waals surface area contributed by atoms with Crippen molar-refractivity contribution in [1.82, 2.24) is 20.8 Å². The molecule has 0 aromatic carbocycles. The quantitative estimate of drug-likeness (QED) is 0.776. The van der Waals surface area contributed by atoms with Crippen LogP contribution in [0.15, 0.2) is 0 Å². The number of amides is 1. The molecule has 1 aliphatic heterocycles. The average molecular weight is 273 g/mol. The van der Waals surface area contributed by atoms with E-state index in [1.807, 2.05) is 0 Å². The summed E-state index contributed by atoms with van der Waals surface area (Å²) in [6.07, 6.45) is 2.82. The summed E-state index contributed by atoms with van der Waals surface area (Å²) in [6.45, 7) is 5.84. The molecule has 0 saturated carbocycles. The zero-order chi connectivity index (χ0) is 12.3. The van der Waals surface area contributed by atoms with Crippen molar-refractivity contribution in [3.05, 3.63) is 17.0 Å². The van der Waals surface area contributed by atoms with E-state index in [0.29, 0.717) is 5.69 Å². The average Bonchev–Trinajstić information content (AvgIpc) is 2.79. The fourth-order valence-electron chi connectivity index (χ4n) is 2.16. The van der Waals surface area contributed by atoms with Crippen molar-refractivity contribution < 1.29 is 4.79 Å². The summed E-state index contributed by atoms with van der Waals surface area (Å²) in [5, 5.41) is 13.4. The van der Waals surface area contributed by atoms with Gasteiger partial charge in [0.15, 0.2) is 5.69 Å². The van der Waals surface area contributed by atoms with Crippen LogP contribution in [0.4, 0.5) is 0 Å². The predicted molar refractivity (Wildman–Crippen MR) is 73.1 cm³/mol. The van der Waals surface area contributed by atoms with Crippen molar-refractivity contribution in [1.29, 1.82) is 0 Å². The van der Waals surface area contributed by atoms with Crippen LogP contribution in [-0.2, 0) is 13.0 Å². The van der Waals surface area contributed by atoms with Crippen molar-refractivity contribution in [3.8, 4) is 0 Å². The highest BCUT2D eigenvalue weighted by atomic mass is 35.5. The number of hydrogen-bond donors (Lipinski definition) is 3. The summed E-state index contributed by atoms with van der Waals surface area (Å²) in [6, 6.07) is 0.242. The Morgan fingerprint density at radius 2 is 2.17 bits per heavy atom. The Labute approximate surface area is 114 Å². The van der Waals surface area contributed by atoms with Crippen molar-refractivity contribution in [2.45, 2.75) is 45.7 Å². The van der Waals surface area contributed by atoms with Crippen molar-refractivity contribution in [2.24, 2.45) is 0 Å². The van der Waals surface area contributed by atoms with Crippen LogP contribution in [0, 0.1) is 0 Å². The van der Waals surface area contributed by atoms with Crippen LogP contribution in [0.1, 0.15) is 48.4 Å². The van der Waals surface area contributed by atoms with Crippen LogP contribution in [0.5, 0.6) is 0 Å². The molecule has 3 N–H and O–H groups in total. The minimum absolute atomic E-state index is 0. The lowest BCUT2D eigenvalue weighted by Gasteiger charge is -2.16. The summed E-state index contributed by atoms with van der Waals surface area (Å²) in [5.41, 5.74) is 2.68. The largest absolute Gasteiger partial charge is 0.348 e. The molecule has 0 radical (unpaired) electrons. The zero-order valence-electron chi connectivity index (χ0n) is 10.9. The standard InChI is InChI=1S/C12H20N4O.ClH/c1-3-8(4-2)14-12(17)11-9-7-13-6-5-10(9)15-16-11;/h8,13H,3-7H2,1-2H3,(H,14,17)(H,15,16);1H. The Kier molecular flexibility index (Phi) is 5.62. The number of carbonyl (C=O) groups excluding carboxylic acids is 1. The summed E-state index contributed by atoms with van der Waals surface area (Å²) in [7, 11) is 0. The maximum absolute atomic E-state index is 12.1. The van der Waals surface area contributed by atoms with Gasteiger partial charge in [-0.05, 0) is 12.8 Å². The van der Waals surface area contributed by atoms with Crippen molar-refractivity contribution in [3.63, 3.8) is 0 Å². The smallest absolute Gasteiger partial charge is 0.272 e. The summed E-state index contributed by atoms with van der Waals surface area (Å²) >= 11 is 0. The molecular formula is C12H21ClN4O. The number of fused-ring (bicyclic) bond motifs is 1. The van der Waals surface area contributed by atoms with Crippen LogP contribution >= 0.6 is 12.4 Å². The first kappa shape index (κ1) is 15.0. The van der Waals surface area contributed by atoms with Crippen molar-refractivity contribution in [2.75, 3.05) is 6.54 Å². The van der Waals surface area contributed by atoms with E-state index >= 15 is 0 Å². The second-order valence-electron chi connectivity index (χ2n) is 4.44. The summed E-state index contributed by atoms with van der Waals surface area (Å²) in [5.74, 6) is -0.0556. The Morgan fingerprint density at radius 3 is 2.83 bits per heavy atom. The van der Waals surface area contributed by atoms with Gasteiger partial charge in [0.2, 0.25) is 0 Å². The summed E-state index contributed by atoms with van der Waals surface area (Å²) < 4.78 is 0. The first-order chi connectivity index (χ1) is 8.26. The van der Waals surface area contributed by atoms with Gasteiger partial charge in [-0.2, -0.15) is 5.10 Å². The van der Waals surface area contributed by atoms with Gasteiger partial charge in [0.1, 0.15) is 0 Å². The minimum atomic E-state index is -0.0556. The van der Waals surface area contributed by atoms with Gasteiger partial charge in [-0.15, -0.1) is 12.4 Å². The second-order valence-corrected chi connectivity index (χ2v) is 4.44. The third-order valence-electron chi connectivity index (χ3n) is 3.34. The molecular weight excluding hydrogens is 252 g/mol.